The molecule has 1 aliphatic carbocycles. The number of fused-ring (bicyclic) bond motifs is 14. The van der Waals surface area contributed by atoms with Gasteiger partial charge >= 0.3 is 0 Å². The Morgan fingerprint density at radius 1 is 0.387 bits per heavy atom. The van der Waals surface area contributed by atoms with Gasteiger partial charge in [-0.1, -0.05) is 166 Å². The fraction of sp³-hybridized carbons (Fsp3) is 0.0517. The quantitative estimate of drug-likeness (QED) is 0.167. The van der Waals surface area contributed by atoms with Crippen molar-refractivity contribution in [1.29, 1.82) is 0 Å². The van der Waals surface area contributed by atoms with E-state index in [-0.39, 0.29) is 5.41 Å². The molecule has 0 amide bonds. The number of benzene rings is 9. The van der Waals surface area contributed by atoms with Gasteiger partial charge in [-0.15, -0.1) is 0 Å². The number of para-hydroxylation sites is 1. The molecule has 0 aliphatic heterocycles. The molecule has 0 bridgehead atoms. The van der Waals surface area contributed by atoms with Gasteiger partial charge in [0.25, 0.3) is 0 Å². The maximum atomic E-state index is 6.75. The first-order valence-electron chi connectivity index (χ1n) is 21.3. The Morgan fingerprint density at radius 3 is 1.74 bits per heavy atom. The predicted molar refractivity (Wildman–Crippen MR) is 256 cm³/mol. The van der Waals surface area contributed by atoms with E-state index in [2.05, 4.69) is 184 Å². The minimum absolute atomic E-state index is 0.0757. The minimum atomic E-state index is -0.0757. The molecule has 4 heteroatoms. The summed E-state index contributed by atoms with van der Waals surface area (Å²) in [6, 6.07) is 67.0. The molecular formula is C58H37N3O. The lowest BCUT2D eigenvalue weighted by Crippen LogP contribution is -2.14. The van der Waals surface area contributed by atoms with E-state index >= 15 is 0 Å². The maximum absolute atomic E-state index is 6.75. The van der Waals surface area contributed by atoms with Crippen molar-refractivity contribution >= 4 is 65.2 Å². The fourth-order valence-electron chi connectivity index (χ4n) is 10.2. The van der Waals surface area contributed by atoms with Crippen LogP contribution in [0, 0.1) is 0 Å². The monoisotopic (exact) mass is 791 g/mol. The van der Waals surface area contributed by atoms with Gasteiger partial charge in [0.1, 0.15) is 11.2 Å². The van der Waals surface area contributed by atoms with E-state index in [0.717, 1.165) is 72.2 Å². The zero-order valence-corrected chi connectivity index (χ0v) is 34.1. The van der Waals surface area contributed by atoms with Crippen LogP contribution in [0.25, 0.3) is 121 Å². The second kappa shape index (κ2) is 13.0. The van der Waals surface area contributed by atoms with Crippen molar-refractivity contribution in [2.24, 2.45) is 0 Å². The molecule has 3 aromatic heterocycles. The Kier molecular flexibility index (Phi) is 7.32. The van der Waals surface area contributed by atoms with Crippen LogP contribution >= 0.6 is 0 Å². The molecule has 0 spiro atoms. The van der Waals surface area contributed by atoms with Crippen LogP contribution in [0.2, 0.25) is 0 Å². The first-order chi connectivity index (χ1) is 30.5. The molecule has 0 saturated carbocycles. The lowest BCUT2D eigenvalue weighted by atomic mass is 9.82. The van der Waals surface area contributed by atoms with E-state index in [1.807, 2.05) is 18.2 Å². The number of pyridine rings is 1. The Hall–Kier alpha value is -7.95. The summed E-state index contributed by atoms with van der Waals surface area (Å²) in [6.07, 6.45) is 0. The van der Waals surface area contributed by atoms with Crippen molar-refractivity contribution in [1.82, 2.24) is 15.0 Å². The van der Waals surface area contributed by atoms with Gasteiger partial charge in [0, 0.05) is 38.4 Å². The minimum Gasteiger partial charge on any atom is -0.455 e. The molecule has 0 atom stereocenters. The van der Waals surface area contributed by atoms with Gasteiger partial charge in [0.15, 0.2) is 5.82 Å². The average Bonchev–Trinajstić information content (AvgIpc) is 3.83. The molecule has 0 unspecified atom stereocenters. The second-order valence-corrected chi connectivity index (χ2v) is 17.1. The lowest BCUT2D eigenvalue weighted by molar-refractivity contribution is 0.660. The van der Waals surface area contributed by atoms with Gasteiger partial charge in [0.2, 0.25) is 0 Å². The molecule has 9 aromatic carbocycles. The Balaban J connectivity index is 1.03. The Morgan fingerprint density at radius 2 is 0.968 bits per heavy atom. The van der Waals surface area contributed by atoms with Crippen molar-refractivity contribution in [3.05, 3.63) is 199 Å². The summed E-state index contributed by atoms with van der Waals surface area (Å²) >= 11 is 0. The zero-order chi connectivity index (χ0) is 41.1. The first kappa shape index (κ1) is 34.9. The van der Waals surface area contributed by atoms with Crippen molar-refractivity contribution in [2.45, 2.75) is 19.3 Å². The van der Waals surface area contributed by atoms with E-state index in [1.165, 1.54) is 54.6 Å². The van der Waals surface area contributed by atoms with Crippen molar-refractivity contribution < 1.29 is 4.42 Å². The molecule has 13 rings (SSSR count). The predicted octanol–water partition coefficient (Wildman–Crippen LogP) is 15.4. The van der Waals surface area contributed by atoms with E-state index in [1.54, 1.807) is 0 Å². The van der Waals surface area contributed by atoms with Crippen LogP contribution in [0.5, 0.6) is 0 Å². The lowest BCUT2D eigenvalue weighted by Gasteiger charge is -2.21. The summed E-state index contributed by atoms with van der Waals surface area (Å²) < 4.78 is 6.75. The molecule has 0 N–H and O–H groups in total. The summed E-state index contributed by atoms with van der Waals surface area (Å²) in [5, 5.41) is 10.4. The van der Waals surface area contributed by atoms with Crippen LogP contribution in [0.1, 0.15) is 25.0 Å². The topological polar surface area (TPSA) is 51.8 Å². The molecule has 0 fully saturated rings. The normalized spacial score (nSPS) is 13.1. The second-order valence-electron chi connectivity index (χ2n) is 17.1. The number of aromatic nitrogens is 3. The summed E-state index contributed by atoms with van der Waals surface area (Å²) in [6.45, 7) is 4.63. The van der Waals surface area contributed by atoms with Gasteiger partial charge in [-0.05, 0) is 91.0 Å². The molecule has 4 nitrogen and oxygen atoms in total. The number of nitrogens with zero attached hydrogens (tertiary/aromatic N) is 3. The van der Waals surface area contributed by atoms with E-state index in [4.69, 9.17) is 19.4 Å². The Labute approximate surface area is 357 Å². The largest absolute Gasteiger partial charge is 0.455 e. The highest BCUT2D eigenvalue weighted by molar-refractivity contribution is 6.26. The van der Waals surface area contributed by atoms with Gasteiger partial charge < -0.3 is 4.42 Å². The van der Waals surface area contributed by atoms with Gasteiger partial charge in [-0.25, -0.2) is 15.0 Å². The van der Waals surface area contributed by atoms with E-state index in [9.17, 15) is 0 Å². The smallest absolute Gasteiger partial charge is 0.160 e. The third kappa shape index (κ3) is 5.10. The van der Waals surface area contributed by atoms with E-state index in [0.29, 0.717) is 5.82 Å². The highest BCUT2D eigenvalue weighted by atomic mass is 16.3. The molecular weight excluding hydrogens is 755 g/mol. The number of rotatable bonds is 4. The van der Waals surface area contributed by atoms with Crippen LogP contribution in [0.4, 0.5) is 0 Å². The highest BCUT2D eigenvalue weighted by Crippen LogP contribution is 2.50. The van der Waals surface area contributed by atoms with Gasteiger partial charge in [-0.2, -0.15) is 0 Å². The van der Waals surface area contributed by atoms with Crippen molar-refractivity contribution in [2.75, 3.05) is 0 Å². The van der Waals surface area contributed by atoms with Gasteiger partial charge in [-0.3, -0.25) is 0 Å². The maximum Gasteiger partial charge on any atom is 0.160 e. The number of hydrogen-bond donors (Lipinski definition) is 0. The Bertz CT molecular complexity index is 3810. The summed E-state index contributed by atoms with van der Waals surface area (Å²) in [5.74, 6) is 0.640. The van der Waals surface area contributed by atoms with Crippen molar-refractivity contribution in [3.63, 3.8) is 0 Å². The number of hydrogen-bond acceptors (Lipinski definition) is 4. The zero-order valence-electron chi connectivity index (χ0n) is 34.1. The van der Waals surface area contributed by atoms with Crippen LogP contribution in [0.15, 0.2) is 192 Å². The van der Waals surface area contributed by atoms with Crippen LogP contribution < -0.4 is 0 Å². The molecule has 62 heavy (non-hydrogen) atoms. The molecule has 290 valence electrons. The molecule has 0 radical (unpaired) electrons. The molecule has 3 heterocycles. The van der Waals surface area contributed by atoms with Crippen LogP contribution in [0.3, 0.4) is 0 Å². The van der Waals surface area contributed by atoms with Crippen molar-refractivity contribution in [3.8, 4) is 56.3 Å². The standard InChI is InChI=1S/C58H37N3O/c1-58(2)48-22-12-10-20-43(48)47-30-35(26-29-49(47)58)51-33-50(34-14-4-3-5-15-34)60-57(61-51)37-25-28-44-52(32-37)59-55(54-45-21-11-13-23-53(45)62-56(44)54)36-24-27-42-40-18-7-6-16-38(40)39-17-8-9-19-41(39)46(42)31-36/h3-33H,1-2H3. The molecule has 0 saturated heterocycles. The molecule has 12 aromatic rings. The average molecular weight is 792 g/mol. The van der Waals surface area contributed by atoms with Crippen LogP contribution in [-0.2, 0) is 5.41 Å². The summed E-state index contributed by atoms with van der Waals surface area (Å²) in [5.41, 5.74) is 14.3. The van der Waals surface area contributed by atoms with Gasteiger partial charge in [0.05, 0.1) is 28.0 Å². The summed E-state index contributed by atoms with van der Waals surface area (Å²) in [7, 11) is 0. The summed E-state index contributed by atoms with van der Waals surface area (Å²) in [4.78, 5) is 16.1. The first-order valence-corrected chi connectivity index (χ1v) is 21.3. The highest BCUT2D eigenvalue weighted by Gasteiger charge is 2.35. The fourth-order valence-corrected chi connectivity index (χ4v) is 10.2. The molecule has 1 aliphatic rings. The third-order valence-corrected chi connectivity index (χ3v) is 13.3. The van der Waals surface area contributed by atoms with E-state index < -0.39 is 0 Å². The SMILES string of the molecule is CC1(C)c2ccccc2-c2cc(-c3cc(-c4ccccc4)nc(-c4ccc5c(c4)nc(-c4ccc6c7ccccc7c7ccccc7c6c4)c4c6ccccc6oc54)n3)ccc21. The third-order valence-electron chi connectivity index (χ3n) is 13.3. The number of furan rings is 1. The van der Waals surface area contributed by atoms with Crippen LogP contribution in [-0.4, -0.2) is 15.0 Å².